The van der Waals surface area contributed by atoms with Crippen LogP contribution in [0, 0.1) is 15.9 Å². The van der Waals surface area contributed by atoms with Gasteiger partial charge in [0.05, 0.1) is 16.0 Å². The topological polar surface area (TPSA) is 89.8 Å². The molecule has 3 rings (SSSR count). The van der Waals surface area contributed by atoms with Gasteiger partial charge in [-0.15, -0.1) is 0 Å². The molecule has 0 spiro atoms. The van der Waals surface area contributed by atoms with Crippen molar-refractivity contribution in [3.63, 3.8) is 0 Å². The largest absolute Gasteiger partial charge is 0.426 e. The fourth-order valence-electron chi connectivity index (χ4n) is 2.69. The highest BCUT2D eigenvalue weighted by molar-refractivity contribution is 6.21. The Morgan fingerprint density at radius 2 is 1.84 bits per heavy atom. The summed E-state index contributed by atoms with van der Waals surface area (Å²) in [4.78, 5) is 35.8. The summed E-state index contributed by atoms with van der Waals surface area (Å²) in [6.45, 7) is 3.26. The molecule has 128 valence electrons. The third-order valence-corrected chi connectivity index (χ3v) is 4.05. The number of nitro groups is 1. The number of rotatable bonds is 2. The molecule has 0 unspecified atom stereocenters. The zero-order valence-electron chi connectivity index (χ0n) is 13.4. The van der Waals surface area contributed by atoms with Crippen LogP contribution in [0.1, 0.15) is 19.4 Å². The Morgan fingerprint density at radius 3 is 2.44 bits per heavy atom. The molecule has 0 aliphatic carbocycles. The maximum absolute atomic E-state index is 13.6. The van der Waals surface area contributed by atoms with Gasteiger partial charge < -0.3 is 4.74 Å². The van der Waals surface area contributed by atoms with Crippen molar-refractivity contribution < 1.29 is 23.6 Å². The number of non-ortho nitro benzene ring substituents is 1. The van der Waals surface area contributed by atoms with Gasteiger partial charge >= 0.3 is 6.09 Å². The van der Waals surface area contributed by atoms with Crippen LogP contribution in [0.4, 0.5) is 20.6 Å². The van der Waals surface area contributed by atoms with Crippen molar-refractivity contribution in [3.05, 3.63) is 64.0 Å². The van der Waals surface area contributed by atoms with Gasteiger partial charge in [-0.2, -0.15) is 0 Å². The first-order chi connectivity index (χ1) is 11.7. The van der Waals surface area contributed by atoms with Crippen LogP contribution in [-0.4, -0.2) is 16.9 Å². The van der Waals surface area contributed by atoms with Gasteiger partial charge in [0, 0.05) is 12.1 Å². The van der Waals surface area contributed by atoms with E-state index in [9.17, 15) is 24.1 Å². The van der Waals surface area contributed by atoms with Crippen molar-refractivity contribution in [2.45, 2.75) is 19.3 Å². The van der Waals surface area contributed by atoms with Gasteiger partial charge in [-0.25, -0.2) is 14.1 Å². The Hall–Kier alpha value is -3.29. The minimum absolute atomic E-state index is 0.0334. The molecule has 0 atom stereocenters. The second-order valence-corrected chi connectivity index (χ2v) is 6.05. The molecule has 0 fully saturated rings. The highest BCUT2D eigenvalue weighted by atomic mass is 19.1. The number of amides is 2. The molecule has 0 radical (unpaired) electrons. The highest BCUT2D eigenvalue weighted by Crippen LogP contribution is 2.42. The van der Waals surface area contributed by atoms with Crippen molar-refractivity contribution in [3.8, 4) is 5.75 Å². The van der Waals surface area contributed by atoms with Gasteiger partial charge in [-0.1, -0.05) is 6.07 Å². The molecule has 0 bridgehead atoms. The molecule has 0 saturated carbocycles. The van der Waals surface area contributed by atoms with Gasteiger partial charge in [0.2, 0.25) is 5.91 Å². The highest BCUT2D eigenvalue weighted by Gasteiger charge is 2.47. The van der Waals surface area contributed by atoms with E-state index >= 15 is 0 Å². The molecule has 2 amide bonds. The number of ether oxygens (including phenoxy) is 1. The third-order valence-electron chi connectivity index (χ3n) is 4.05. The van der Waals surface area contributed by atoms with Crippen molar-refractivity contribution >= 4 is 23.4 Å². The second kappa shape index (κ2) is 5.66. The third kappa shape index (κ3) is 2.71. The average Bonchev–Trinajstić information content (AvgIpc) is 2.74. The Balaban J connectivity index is 1.91. The number of halogens is 1. The van der Waals surface area contributed by atoms with Gasteiger partial charge in [-0.3, -0.25) is 14.9 Å². The van der Waals surface area contributed by atoms with Gasteiger partial charge in [0.15, 0.2) is 0 Å². The monoisotopic (exact) mass is 344 g/mol. The molecule has 0 aromatic heterocycles. The molecule has 8 heteroatoms. The normalized spacial score (nSPS) is 15.0. The molecule has 25 heavy (non-hydrogen) atoms. The summed E-state index contributed by atoms with van der Waals surface area (Å²) < 4.78 is 18.7. The molecule has 7 nitrogen and oxygen atoms in total. The number of fused-ring (bicyclic) bond motifs is 1. The fraction of sp³-hybridized carbons (Fsp3) is 0.176. The van der Waals surface area contributed by atoms with Crippen LogP contribution in [0.3, 0.4) is 0 Å². The maximum Gasteiger partial charge on any atom is 0.426 e. The first kappa shape index (κ1) is 16.6. The molecule has 2 aromatic carbocycles. The van der Waals surface area contributed by atoms with Crippen LogP contribution in [0.2, 0.25) is 0 Å². The van der Waals surface area contributed by atoms with Gasteiger partial charge in [0.25, 0.3) is 5.69 Å². The van der Waals surface area contributed by atoms with E-state index in [1.807, 2.05) is 0 Å². The van der Waals surface area contributed by atoms with E-state index in [1.165, 1.54) is 36.4 Å². The Kier molecular flexibility index (Phi) is 3.75. The van der Waals surface area contributed by atoms with E-state index in [1.54, 1.807) is 13.8 Å². The number of nitro benzene ring substituents is 1. The zero-order valence-corrected chi connectivity index (χ0v) is 13.4. The molecule has 1 heterocycles. The predicted molar refractivity (Wildman–Crippen MR) is 86.0 cm³/mol. The number of hydrogen-bond acceptors (Lipinski definition) is 5. The van der Waals surface area contributed by atoms with Crippen LogP contribution >= 0.6 is 0 Å². The lowest BCUT2D eigenvalue weighted by Crippen LogP contribution is -2.41. The van der Waals surface area contributed by atoms with Crippen molar-refractivity contribution in [2.24, 2.45) is 0 Å². The van der Waals surface area contributed by atoms with Gasteiger partial charge in [0.1, 0.15) is 11.6 Å². The summed E-state index contributed by atoms with van der Waals surface area (Å²) in [5.41, 5.74) is -0.524. The summed E-state index contributed by atoms with van der Waals surface area (Å²) in [6.07, 6.45) is -1.00. The number of hydrogen-bond donors (Lipinski definition) is 0. The van der Waals surface area contributed by atoms with Crippen LogP contribution in [0.5, 0.6) is 5.75 Å². The fourth-order valence-corrected chi connectivity index (χ4v) is 2.69. The number of imide groups is 1. The molecular weight excluding hydrogens is 331 g/mol. The number of anilines is 1. The first-order valence-electron chi connectivity index (χ1n) is 7.32. The van der Waals surface area contributed by atoms with E-state index in [2.05, 4.69) is 0 Å². The van der Waals surface area contributed by atoms with E-state index in [4.69, 9.17) is 4.74 Å². The lowest BCUT2D eigenvalue weighted by atomic mass is 9.86. The van der Waals surface area contributed by atoms with Crippen molar-refractivity contribution in [1.82, 2.24) is 0 Å². The average molecular weight is 344 g/mol. The number of benzene rings is 2. The zero-order chi connectivity index (χ0) is 18.4. The van der Waals surface area contributed by atoms with E-state index < -0.39 is 28.2 Å². The minimum Gasteiger partial charge on any atom is -0.410 e. The van der Waals surface area contributed by atoms with Crippen LogP contribution in [-0.2, 0) is 10.2 Å². The van der Waals surface area contributed by atoms with Crippen molar-refractivity contribution in [2.75, 3.05) is 4.90 Å². The first-order valence-corrected chi connectivity index (χ1v) is 7.32. The molecule has 0 N–H and O–H groups in total. The number of carbonyl (C=O) groups is 2. The van der Waals surface area contributed by atoms with Crippen molar-refractivity contribution in [1.29, 1.82) is 0 Å². The lowest BCUT2D eigenvalue weighted by molar-refractivity contribution is -0.384. The Labute approximate surface area is 141 Å². The molecule has 1 aliphatic rings. The van der Waals surface area contributed by atoms with Gasteiger partial charge in [-0.05, 0) is 43.7 Å². The second-order valence-electron chi connectivity index (χ2n) is 6.05. The lowest BCUT2D eigenvalue weighted by Gasteiger charge is -2.18. The number of carbonyl (C=O) groups excluding carboxylic acids is 2. The Morgan fingerprint density at radius 1 is 1.20 bits per heavy atom. The maximum atomic E-state index is 13.6. The van der Waals surface area contributed by atoms with E-state index in [0.717, 1.165) is 11.0 Å². The van der Waals surface area contributed by atoms with E-state index in [0.29, 0.717) is 5.56 Å². The minimum atomic E-state index is -1.00. The molecule has 1 aliphatic heterocycles. The van der Waals surface area contributed by atoms with Crippen LogP contribution < -0.4 is 9.64 Å². The summed E-state index contributed by atoms with van der Waals surface area (Å²) in [6, 6.07) is 8.61. The summed E-state index contributed by atoms with van der Waals surface area (Å²) >= 11 is 0. The smallest absolute Gasteiger partial charge is 0.410 e. The predicted octanol–water partition coefficient (Wildman–Crippen LogP) is 3.56. The molecular formula is C17H13FN2O5. The molecule has 0 saturated heterocycles. The SMILES string of the molecule is CC1(C)C(=O)N(C(=O)Oc2ccc([N+](=O)[O-])cc2)c2cc(F)ccc21. The number of nitrogens with zero attached hydrogens (tertiary/aromatic N) is 2. The summed E-state index contributed by atoms with van der Waals surface area (Å²) in [5, 5.41) is 10.6. The quantitative estimate of drug-likeness (QED) is 0.614. The van der Waals surface area contributed by atoms with Crippen LogP contribution in [0.15, 0.2) is 42.5 Å². The summed E-state index contributed by atoms with van der Waals surface area (Å²) in [5.74, 6) is -1.09. The summed E-state index contributed by atoms with van der Waals surface area (Å²) in [7, 11) is 0. The van der Waals surface area contributed by atoms with Crippen LogP contribution in [0.25, 0.3) is 0 Å². The standard InChI is InChI=1S/C17H13FN2O5/c1-17(2)13-8-3-10(18)9-14(13)19(15(17)21)16(22)25-12-6-4-11(5-7-12)20(23)24/h3-9H,1-2H3. The van der Waals surface area contributed by atoms with E-state index in [-0.39, 0.29) is 17.1 Å². The molecule has 2 aromatic rings. The Bertz CT molecular complexity index is 892.